The lowest BCUT2D eigenvalue weighted by atomic mass is 10.2. The summed E-state index contributed by atoms with van der Waals surface area (Å²) in [6, 6.07) is 10.1. The van der Waals surface area contributed by atoms with Crippen molar-refractivity contribution in [1.29, 1.82) is 0 Å². The average molecular weight is 372 g/mol. The molecule has 1 heterocycles. The van der Waals surface area contributed by atoms with E-state index in [0.717, 1.165) is 0 Å². The summed E-state index contributed by atoms with van der Waals surface area (Å²) >= 11 is 5.05. The van der Waals surface area contributed by atoms with Crippen molar-refractivity contribution in [3.05, 3.63) is 53.8 Å². The number of benzene rings is 2. The largest absolute Gasteiger partial charge is 0.423 e. The molecule has 0 unspecified atom stereocenters. The first-order valence-corrected chi connectivity index (χ1v) is 7.87. The molecule has 0 aliphatic carbocycles. The number of amides is 2. The highest BCUT2D eigenvalue weighted by Crippen LogP contribution is 2.22. The quantitative estimate of drug-likeness (QED) is 0.612. The van der Waals surface area contributed by atoms with Crippen LogP contribution in [0.2, 0.25) is 0 Å². The monoisotopic (exact) mass is 372 g/mol. The normalized spacial score (nSPS) is 10.4. The van der Waals surface area contributed by atoms with Gasteiger partial charge in [0.15, 0.2) is 10.7 Å². The van der Waals surface area contributed by atoms with Crippen LogP contribution in [0.25, 0.3) is 11.1 Å². The number of fused-ring (bicyclic) bond motifs is 1. The van der Waals surface area contributed by atoms with Crippen molar-refractivity contribution in [1.82, 2.24) is 10.3 Å². The van der Waals surface area contributed by atoms with E-state index < -0.39 is 11.7 Å². The SMILES string of the molecule is CC(=O)Nc1ccc2nc(NC(=S)NC(=O)c3ccc(F)cc3)oc2c1. The number of carbonyl (C=O) groups is 2. The molecule has 7 nitrogen and oxygen atoms in total. The zero-order valence-corrected chi connectivity index (χ0v) is 14.3. The molecule has 3 N–H and O–H groups in total. The molecular weight excluding hydrogens is 359 g/mol. The van der Waals surface area contributed by atoms with Gasteiger partial charge in [0, 0.05) is 24.2 Å². The summed E-state index contributed by atoms with van der Waals surface area (Å²) in [5.41, 5.74) is 1.81. The molecule has 0 saturated heterocycles. The van der Waals surface area contributed by atoms with Gasteiger partial charge in [-0.2, -0.15) is 4.98 Å². The minimum absolute atomic E-state index is 0.0204. The van der Waals surface area contributed by atoms with E-state index in [4.69, 9.17) is 16.6 Å². The predicted octanol–water partition coefficient (Wildman–Crippen LogP) is 3.05. The van der Waals surface area contributed by atoms with Gasteiger partial charge in [0.25, 0.3) is 5.91 Å². The van der Waals surface area contributed by atoms with Crippen LogP contribution in [0.3, 0.4) is 0 Å². The summed E-state index contributed by atoms with van der Waals surface area (Å²) in [4.78, 5) is 27.3. The first-order chi connectivity index (χ1) is 12.4. The van der Waals surface area contributed by atoms with Crippen LogP contribution in [0.5, 0.6) is 0 Å². The van der Waals surface area contributed by atoms with Crippen molar-refractivity contribution >= 4 is 51.9 Å². The van der Waals surface area contributed by atoms with E-state index in [2.05, 4.69) is 20.9 Å². The van der Waals surface area contributed by atoms with Crippen molar-refractivity contribution in [2.24, 2.45) is 0 Å². The fourth-order valence-electron chi connectivity index (χ4n) is 2.16. The number of hydrogen-bond acceptors (Lipinski definition) is 5. The van der Waals surface area contributed by atoms with Crippen LogP contribution >= 0.6 is 12.2 Å². The topological polar surface area (TPSA) is 96.3 Å². The fraction of sp³-hybridized carbons (Fsp3) is 0.0588. The van der Waals surface area contributed by atoms with Crippen molar-refractivity contribution in [3.63, 3.8) is 0 Å². The van der Waals surface area contributed by atoms with E-state index >= 15 is 0 Å². The molecular formula is C17H13FN4O3S. The maximum atomic E-state index is 12.9. The molecule has 0 atom stereocenters. The Balaban J connectivity index is 1.67. The maximum absolute atomic E-state index is 12.9. The lowest BCUT2D eigenvalue weighted by molar-refractivity contribution is -0.114. The Kier molecular flexibility index (Phi) is 4.90. The Hall–Kier alpha value is -3.33. The maximum Gasteiger partial charge on any atom is 0.302 e. The number of carbonyl (C=O) groups excluding carboxylic acids is 2. The summed E-state index contributed by atoms with van der Waals surface area (Å²) in [6.45, 7) is 1.40. The van der Waals surface area contributed by atoms with E-state index in [9.17, 15) is 14.0 Å². The van der Waals surface area contributed by atoms with Crippen LogP contribution in [0.15, 0.2) is 46.9 Å². The highest BCUT2D eigenvalue weighted by atomic mass is 32.1. The smallest absolute Gasteiger partial charge is 0.302 e. The number of anilines is 2. The Bertz CT molecular complexity index is 1000. The van der Waals surface area contributed by atoms with Gasteiger partial charge in [0.2, 0.25) is 5.91 Å². The fourth-order valence-corrected chi connectivity index (χ4v) is 2.34. The van der Waals surface area contributed by atoms with Gasteiger partial charge in [-0.25, -0.2) is 4.39 Å². The van der Waals surface area contributed by atoms with Gasteiger partial charge in [-0.15, -0.1) is 0 Å². The van der Waals surface area contributed by atoms with Crippen LogP contribution in [-0.4, -0.2) is 21.9 Å². The molecule has 26 heavy (non-hydrogen) atoms. The molecule has 0 radical (unpaired) electrons. The Morgan fingerprint density at radius 1 is 1.12 bits per heavy atom. The zero-order valence-electron chi connectivity index (χ0n) is 13.5. The second-order valence-corrected chi connectivity index (χ2v) is 5.71. The number of hydrogen-bond donors (Lipinski definition) is 3. The lowest BCUT2D eigenvalue weighted by Gasteiger charge is -2.06. The number of rotatable bonds is 3. The van der Waals surface area contributed by atoms with Crippen LogP contribution in [-0.2, 0) is 4.79 Å². The third-order valence-electron chi connectivity index (χ3n) is 3.26. The minimum Gasteiger partial charge on any atom is -0.423 e. The van der Waals surface area contributed by atoms with Gasteiger partial charge in [0.1, 0.15) is 11.3 Å². The summed E-state index contributed by atoms with van der Waals surface area (Å²) in [7, 11) is 0. The number of nitrogens with zero attached hydrogens (tertiary/aromatic N) is 1. The number of thiocarbonyl (C=S) groups is 1. The summed E-state index contributed by atoms with van der Waals surface area (Å²) < 4.78 is 18.4. The predicted molar refractivity (Wildman–Crippen MR) is 98.4 cm³/mol. The highest BCUT2D eigenvalue weighted by Gasteiger charge is 2.12. The summed E-state index contributed by atoms with van der Waals surface area (Å²) in [5.74, 6) is -1.13. The molecule has 3 rings (SSSR count). The second-order valence-electron chi connectivity index (χ2n) is 5.30. The van der Waals surface area contributed by atoms with Crippen molar-refractivity contribution in [2.75, 3.05) is 10.6 Å². The number of halogens is 1. The van der Waals surface area contributed by atoms with E-state index in [0.29, 0.717) is 16.8 Å². The van der Waals surface area contributed by atoms with Crippen LogP contribution in [0.1, 0.15) is 17.3 Å². The second kappa shape index (κ2) is 7.28. The minimum atomic E-state index is -0.494. The first-order valence-electron chi connectivity index (χ1n) is 7.47. The number of aromatic nitrogens is 1. The highest BCUT2D eigenvalue weighted by molar-refractivity contribution is 7.80. The van der Waals surface area contributed by atoms with Crippen molar-refractivity contribution in [2.45, 2.75) is 6.92 Å². The standard InChI is InChI=1S/C17H13FN4O3S/c1-9(23)19-12-6-7-13-14(8-12)25-16(20-13)22-17(26)21-15(24)10-2-4-11(18)5-3-10/h2-8H,1H3,(H,19,23)(H2,20,21,22,24,26). The van der Waals surface area contributed by atoms with E-state index in [1.54, 1.807) is 18.2 Å². The molecule has 0 aliphatic heterocycles. The number of nitrogens with one attached hydrogen (secondary N) is 3. The van der Waals surface area contributed by atoms with Crippen molar-refractivity contribution in [3.8, 4) is 0 Å². The zero-order chi connectivity index (χ0) is 18.7. The Labute approximate surface area is 152 Å². The third-order valence-corrected chi connectivity index (χ3v) is 3.47. The van der Waals surface area contributed by atoms with Crippen LogP contribution < -0.4 is 16.0 Å². The first kappa shape index (κ1) is 17.5. The van der Waals surface area contributed by atoms with Gasteiger partial charge in [-0.1, -0.05) is 0 Å². The van der Waals surface area contributed by atoms with Crippen LogP contribution in [0.4, 0.5) is 16.1 Å². The molecule has 3 aromatic rings. The molecule has 9 heteroatoms. The lowest BCUT2D eigenvalue weighted by Crippen LogP contribution is -2.34. The average Bonchev–Trinajstić information content (AvgIpc) is 2.96. The Morgan fingerprint density at radius 3 is 2.54 bits per heavy atom. The molecule has 1 aromatic heterocycles. The molecule has 0 spiro atoms. The summed E-state index contributed by atoms with van der Waals surface area (Å²) in [5, 5.41) is 7.73. The van der Waals surface area contributed by atoms with Gasteiger partial charge in [0.05, 0.1) is 0 Å². The van der Waals surface area contributed by atoms with E-state index in [1.807, 2.05) is 0 Å². The molecule has 132 valence electrons. The molecule has 0 fully saturated rings. The molecule has 0 bridgehead atoms. The molecule has 2 amide bonds. The van der Waals surface area contributed by atoms with Crippen LogP contribution in [0, 0.1) is 5.82 Å². The van der Waals surface area contributed by atoms with Gasteiger partial charge in [-0.3, -0.25) is 20.2 Å². The molecule has 0 aliphatic rings. The van der Waals surface area contributed by atoms with Gasteiger partial charge < -0.3 is 9.73 Å². The van der Waals surface area contributed by atoms with Gasteiger partial charge >= 0.3 is 6.01 Å². The summed E-state index contributed by atoms with van der Waals surface area (Å²) in [6.07, 6.45) is 0. The van der Waals surface area contributed by atoms with E-state index in [-0.39, 0.29) is 22.6 Å². The van der Waals surface area contributed by atoms with Gasteiger partial charge in [-0.05, 0) is 48.6 Å². The Morgan fingerprint density at radius 2 is 1.85 bits per heavy atom. The number of oxazole rings is 1. The van der Waals surface area contributed by atoms with Crippen molar-refractivity contribution < 1.29 is 18.4 Å². The van der Waals surface area contributed by atoms with E-state index in [1.165, 1.54) is 31.2 Å². The molecule has 0 saturated carbocycles. The third kappa shape index (κ3) is 4.19. The molecule has 2 aromatic carbocycles.